The van der Waals surface area contributed by atoms with E-state index < -0.39 is 0 Å². The first-order valence-corrected chi connectivity index (χ1v) is 8.32. The standard InChI is InChI=1S/C18H21N3O3/c1-23-16-5-3-2-4-14(16)13-6-7-20(11-13)18(22)15-10-19-17-12-24-9-8-21(15)17/h2-5,10,13H,6-9,11-12H2,1H3. The van der Waals surface area contributed by atoms with E-state index in [2.05, 4.69) is 11.1 Å². The molecule has 2 aromatic rings. The maximum absolute atomic E-state index is 12.9. The molecule has 0 aliphatic carbocycles. The number of methoxy groups -OCH3 is 1. The third-order valence-corrected chi connectivity index (χ3v) is 4.90. The first-order chi connectivity index (χ1) is 11.8. The van der Waals surface area contributed by atoms with Crippen molar-refractivity contribution in [1.29, 1.82) is 0 Å². The summed E-state index contributed by atoms with van der Waals surface area (Å²) in [6.07, 6.45) is 2.64. The number of aromatic nitrogens is 2. The third-order valence-electron chi connectivity index (χ3n) is 4.90. The summed E-state index contributed by atoms with van der Waals surface area (Å²) in [5.41, 5.74) is 1.85. The minimum Gasteiger partial charge on any atom is -0.496 e. The van der Waals surface area contributed by atoms with Gasteiger partial charge in [0.25, 0.3) is 5.91 Å². The Morgan fingerprint density at radius 2 is 2.21 bits per heavy atom. The van der Waals surface area contributed by atoms with Crippen molar-refractivity contribution < 1.29 is 14.3 Å². The van der Waals surface area contributed by atoms with E-state index in [0.29, 0.717) is 31.4 Å². The number of fused-ring (bicyclic) bond motifs is 1. The zero-order valence-corrected chi connectivity index (χ0v) is 13.8. The number of carbonyl (C=O) groups is 1. The number of carbonyl (C=O) groups excluding carboxylic acids is 1. The van der Waals surface area contributed by atoms with Gasteiger partial charge in [0.15, 0.2) is 0 Å². The Kier molecular flexibility index (Phi) is 3.98. The SMILES string of the molecule is COc1ccccc1C1CCN(C(=O)c2cnc3n2CCOC3)C1. The van der Waals surface area contributed by atoms with Gasteiger partial charge >= 0.3 is 0 Å². The summed E-state index contributed by atoms with van der Waals surface area (Å²) in [6.45, 7) is 3.29. The van der Waals surface area contributed by atoms with Gasteiger partial charge in [0, 0.05) is 25.6 Å². The van der Waals surface area contributed by atoms with E-state index in [-0.39, 0.29) is 5.91 Å². The number of rotatable bonds is 3. The lowest BCUT2D eigenvalue weighted by atomic mass is 9.97. The van der Waals surface area contributed by atoms with Crippen LogP contribution in [0.2, 0.25) is 0 Å². The third kappa shape index (κ3) is 2.57. The summed E-state index contributed by atoms with van der Waals surface area (Å²) in [6, 6.07) is 8.07. The molecule has 24 heavy (non-hydrogen) atoms. The van der Waals surface area contributed by atoms with Gasteiger partial charge in [-0.2, -0.15) is 0 Å². The molecular formula is C18H21N3O3. The van der Waals surface area contributed by atoms with Crippen molar-refractivity contribution in [3.8, 4) is 5.75 Å². The molecule has 0 spiro atoms. The largest absolute Gasteiger partial charge is 0.496 e. The van der Waals surface area contributed by atoms with Gasteiger partial charge in [-0.3, -0.25) is 4.79 Å². The smallest absolute Gasteiger partial charge is 0.272 e. The van der Waals surface area contributed by atoms with Crippen molar-refractivity contribution in [2.24, 2.45) is 0 Å². The Bertz CT molecular complexity index is 756. The van der Waals surface area contributed by atoms with Gasteiger partial charge in [-0.15, -0.1) is 0 Å². The second kappa shape index (κ2) is 6.28. The first-order valence-electron chi connectivity index (χ1n) is 8.32. The number of benzene rings is 1. The van der Waals surface area contributed by atoms with Crippen LogP contribution in [0, 0.1) is 0 Å². The molecule has 0 bridgehead atoms. The average Bonchev–Trinajstić information content (AvgIpc) is 3.28. The fourth-order valence-corrected chi connectivity index (χ4v) is 3.63. The molecular weight excluding hydrogens is 306 g/mol. The Morgan fingerprint density at radius 3 is 3.08 bits per heavy atom. The number of hydrogen-bond donors (Lipinski definition) is 0. The molecule has 0 N–H and O–H groups in total. The number of likely N-dealkylation sites (tertiary alicyclic amines) is 1. The number of hydrogen-bond acceptors (Lipinski definition) is 4. The quantitative estimate of drug-likeness (QED) is 0.866. The van der Waals surface area contributed by atoms with Crippen LogP contribution >= 0.6 is 0 Å². The number of para-hydroxylation sites is 1. The Labute approximate surface area is 141 Å². The molecule has 1 amide bonds. The molecule has 2 aliphatic rings. The average molecular weight is 327 g/mol. The van der Waals surface area contributed by atoms with Crippen LogP contribution in [0.15, 0.2) is 30.5 Å². The zero-order chi connectivity index (χ0) is 16.5. The lowest BCUT2D eigenvalue weighted by Crippen LogP contribution is -2.31. The van der Waals surface area contributed by atoms with E-state index in [9.17, 15) is 4.79 Å². The van der Waals surface area contributed by atoms with E-state index >= 15 is 0 Å². The predicted octanol–water partition coefficient (Wildman–Crippen LogP) is 2.05. The summed E-state index contributed by atoms with van der Waals surface area (Å²) in [7, 11) is 1.69. The van der Waals surface area contributed by atoms with E-state index in [4.69, 9.17) is 9.47 Å². The molecule has 1 unspecified atom stereocenters. The Hall–Kier alpha value is -2.34. The van der Waals surface area contributed by atoms with Crippen LogP contribution in [0.4, 0.5) is 0 Å². The molecule has 0 saturated carbocycles. The first kappa shape index (κ1) is 15.2. The van der Waals surface area contributed by atoms with Crippen LogP contribution in [0.25, 0.3) is 0 Å². The van der Waals surface area contributed by atoms with Gasteiger partial charge in [-0.25, -0.2) is 4.98 Å². The maximum Gasteiger partial charge on any atom is 0.272 e. The van der Waals surface area contributed by atoms with Gasteiger partial charge in [-0.1, -0.05) is 18.2 Å². The van der Waals surface area contributed by atoms with E-state index in [1.165, 1.54) is 5.56 Å². The van der Waals surface area contributed by atoms with Gasteiger partial charge in [0.05, 0.1) is 19.9 Å². The molecule has 1 fully saturated rings. The number of amides is 1. The Balaban J connectivity index is 1.52. The van der Waals surface area contributed by atoms with Gasteiger partial charge in [0.2, 0.25) is 0 Å². The monoisotopic (exact) mass is 327 g/mol. The van der Waals surface area contributed by atoms with Crippen LogP contribution in [-0.2, 0) is 17.9 Å². The molecule has 1 saturated heterocycles. The summed E-state index contributed by atoms with van der Waals surface area (Å²) in [5, 5.41) is 0. The van der Waals surface area contributed by atoms with E-state index in [1.54, 1.807) is 13.3 Å². The molecule has 1 aromatic heterocycles. The van der Waals surface area contributed by atoms with Crippen LogP contribution in [-0.4, -0.2) is 47.2 Å². The Morgan fingerprint density at radius 1 is 1.33 bits per heavy atom. The second-order valence-electron chi connectivity index (χ2n) is 6.24. The lowest BCUT2D eigenvalue weighted by molar-refractivity contribution is 0.0712. The molecule has 6 heteroatoms. The van der Waals surface area contributed by atoms with Crippen LogP contribution in [0.3, 0.4) is 0 Å². The maximum atomic E-state index is 12.9. The summed E-state index contributed by atoms with van der Waals surface area (Å²) < 4.78 is 12.8. The van der Waals surface area contributed by atoms with Gasteiger partial charge in [-0.05, 0) is 18.1 Å². The minimum absolute atomic E-state index is 0.0630. The van der Waals surface area contributed by atoms with Crippen molar-refractivity contribution in [2.45, 2.75) is 25.5 Å². The van der Waals surface area contributed by atoms with E-state index in [0.717, 1.165) is 31.1 Å². The second-order valence-corrected chi connectivity index (χ2v) is 6.24. The fraction of sp³-hybridized carbons (Fsp3) is 0.444. The topological polar surface area (TPSA) is 56.6 Å². The molecule has 4 rings (SSSR count). The van der Waals surface area contributed by atoms with Crippen molar-refractivity contribution in [3.05, 3.63) is 47.5 Å². The zero-order valence-electron chi connectivity index (χ0n) is 13.8. The molecule has 1 aromatic carbocycles. The van der Waals surface area contributed by atoms with Crippen molar-refractivity contribution >= 4 is 5.91 Å². The van der Waals surface area contributed by atoms with Crippen LogP contribution < -0.4 is 4.74 Å². The number of nitrogens with zero attached hydrogens (tertiary/aromatic N) is 3. The minimum atomic E-state index is 0.0630. The molecule has 1 atom stereocenters. The highest BCUT2D eigenvalue weighted by atomic mass is 16.5. The van der Waals surface area contributed by atoms with Crippen molar-refractivity contribution in [1.82, 2.24) is 14.5 Å². The number of imidazole rings is 1. The van der Waals surface area contributed by atoms with Crippen molar-refractivity contribution in [3.63, 3.8) is 0 Å². The summed E-state index contributed by atoms with van der Waals surface area (Å²) >= 11 is 0. The molecule has 3 heterocycles. The normalized spacial score (nSPS) is 20.0. The fourth-order valence-electron chi connectivity index (χ4n) is 3.63. The van der Waals surface area contributed by atoms with Gasteiger partial charge in [0.1, 0.15) is 23.9 Å². The number of ether oxygens (including phenoxy) is 2. The molecule has 0 radical (unpaired) electrons. The highest BCUT2D eigenvalue weighted by Crippen LogP contribution is 2.34. The molecule has 2 aliphatic heterocycles. The highest BCUT2D eigenvalue weighted by molar-refractivity contribution is 5.92. The molecule has 6 nitrogen and oxygen atoms in total. The summed E-state index contributed by atoms with van der Waals surface area (Å²) in [4.78, 5) is 19.2. The van der Waals surface area contributed by atoms with Gasteiger partial charge < -0.3 is 18.9 Å². The van der Waals surface area contributed by atoms with Crippen LogP contribution in [0.1, 0.15) is 34.2 Å². The molecule has 126 valence electrons. The van der Waals surface area contributed by atoms with Crippen molar-refractivity contribution in [2.75, 3.05) is 26.8 Å². The predicted molar refractivity (Wildman–Crippen MR) is 88.1 cm³/mol. The summed E-state index contributed by atoms with van der Waals surface area (Å²) in [5.74, 6) is 2.12. The lowest BCUT2D eigenvalue weighted by Gasteiger charge is -2.21. The van der Waals surface area contributed by atoms with E-state index in [1.807, 2.05) is 27.7 Å². The highest BCUT2D eigenvalue weighted by Gasteiger charge is 2.31. The van der Waals surface area contributed by atoms with Crippen LogP contribution in [0.5, 0.6) is 5.75 Å².